The molecule has 5 heteroatoms. The molecule has 74 valence electrons. The Kier molecular flexibility index (Phi) is 3.48. The molecule has 0 radical (unpaired) electrons. The van der Waals surface area contributed by atoms with Crippen molar-refractivity contribution < 1.29 is 4.74 Å². The highest BCUT2D eigenvalue weighted by molar-refractivity contribution is 5.85. The van der Waals surface area contributed by atoms with Crippen LogP contribution in [0.1, 0.15) is 0 Å². The molecule has 0 saturated carbocycles. The normalized spacial score (nSPS) is 9.21. The highest BCUT2D eigenvalue weighted by atomic mass is 35.5. The number of H-pyrrole nitrogens is 1. The lowest BCUT2D eigenvalue weighted by molar-refractivity contribution is 0.414. The molecule has 0 saturated heterocycles. The number of aromatic nitrogens is 3. The second-order valence-electron chi connectivity index (χ2n) is 2.56. The van der Waals surface area contributed by atoms with Gasteiger partial charge in [0.25, 0.3) is 0 Å². The fourth-order valence-corrected chi connectivity index (χ4v) is 1.18. The molecule has 0 spiro atoms. The largest absolute Gasteiger partial charge is 0.494 e. The number of ether oxygens (including phenoxy) is 1. The van der Waals surface area contributed by atoms with Gasteiger partial charge in [-0.1, -0.05) is 0 Å². The van der Waals surface area contributed by atoms with E-state index in [0.29, 0.717) is 0 Å². The first kappa shape index (κ1) is 10.5. The molecule has 2 aromatic heterocycles. The molecule has 0 aliphatic carbocycles. The molecule has 0 unspecified atom stereocenters. The van der Waals surface area contributed by atoms with Gasteiger partial charge in [-0.25, -0.2) is 0 Å². The Morgan fingerprint density at radius 1 is 1.36 bits per heavy atom. The van der Waals surface area contributed by atoms with Gasteiger partial charge in [0.15, 0.2) is 0 Å². The third-order valence-corrected chi connectivity index (χ3v) is 1.81. The van der Waals surface area contributed by atoms with Crippen molar-refractivity contribution in [3.05, 3.63) is 30.9 Å². The van der Waals surface area contributed by atoms with E-state index in [4.69, 9.17) is 4.74 Å². The molecule has 1 N–H and O–H groups in total. The quantitative estimate of drug-likeness (QED) is 0.826. The van der Waals surface area contributed by atoms with E-state index in [1.165, 1.54) is 0 Å². The summed E-state index contributed by atoms with van der Waals surface area (Å²) < 4.78 is 5.16. The fourth-order valence-electron chi connectivity index (χ4n) is 1.18. The first-order valence-corrected chi connectivity index (χ1v) is 3.89. The zero-order valence-electron chi connectivity index (χ0n) is 7.60. The molecule has 2 rings (SSSR count). The van der Waals surface area contributed by atoms with E-state index in [1.54, 1.807) is 25.7 Å². The molecular formula is C9H10ClN3O. The monoisotopic (exact) mass is 211 g/mol. The molecule has 0 aliphatic rings. The maximum Gasteiger partial charge on any atom is 0.145 e. The van der Waals surface area contributed by atoms with Gasteiger partial charge in [-0.05, 0) is 6.07 Å². The number of pyridine rings is 1. The summed E-state index contributed by atoms with van der Waals surface area (Å²) in [5.74, 6) is 0.754. The molecule has 2 heterocycles. The topological polar surface area (TPSA) is 50.8 Å². The van der Waals surface area contributed by atoms with Crippen LogP contribution >= 0.6 is 12.4 Å². The third-order valence-electron chi connectivity index (χ3n) is 1.81. The van der Waals surface area contributed by atoms with Crippen molar-refractivity contribution in [3.8, 4) is 16.9 Å². The minimum absolute atomic E-state index is 0. The minimum atomic E-state index is 0. The van der Waals surface area contributed by atoms with Crippen LogP contribution in [-0.2, 0) is 0 Å². The average molecular weight is 212 g/mol. The Balaban J connectivity index is 0.000000980. The van der Waals surface area contributed by atoms with Crippen LogP contribution in [0.3, 0.4) is 0 Å². The van der Waals surface area contributed by atoms with E-state index in [-0.39, 0.29) is 12.4 Å². The predicted octanol–water partition coefficient (Wildman–Crippen LogP) is 1.90. The zero-order chi connectivity index (χ0) is 9.10. The second kappa shape index (κ2) is 4.62. The van der Waals surface area contributed by atoms with Gasteiger partial charge in [0.1, 0.15) is 5.75 Å². The van der Waals surface area contributed by atoms with E-state index < -0.39 is 0 Å². The molecule has 0 atom stereocenters. The maximum absolute atomic E-state index is 5.16. The highest BCUT2D eigenvalue weighted by Crippen LogP contribution is 2.27. The van der Waals surface area contributed by atoms with Crippen molar-refractivity contribution in [3.63, 3.8) is 0 Å². The van der Waals surface area contributed by atoms with E-state index >= 15 is 0 Å². The number of nitrogens with zero attached hydrogens (tertiary/aromatic N) is 2. The lowest BCUT2D eigenvalue weighted by Gasteiger charge is -2.03. The van der Waals surface area contributed by atoms with E-state index in [9.17, 15) is 0 Å². The van der Waals surface area contributed by atoms with Gasteiger partial charge in [-0.3, -0.25) is 10.1 Å². The SMILES string of the molecule is COc1cnccc1-c1cn[nH]c1.Cl. The zero-order valence-corrected chi connectivity index (χ0v) is 8.41. The molecule has 0 fully saturated rings. The lowest BCUT2D eigenvalue weighted by Crippen LogP contribution is -1.87. The Morgan fingerprint density at radius 2 is 2.21 bits per heavy atom. The van der Waals surface area contributed by atoms with Crippen molar-refractivity contribution in [2.75, 3.05) is 7.11 Å². The van der Waals surface area contributed by atoms with Gasteiger partial charge in [-0.15, -0.1) is 12.4 Å². The smallest absolute Gasteiger partial charge is 0.145 e. The van der Waals surface area contributed by atoms with Crippen molar-refractivity contribution >= 4 is 12.4 Å². The fraction of sp³-hybridized carbons (Fsp3) is 0.111. The summed E-state index contributed by atoms with van der Waals surface area (Å²) in [6, 6.07) is 1.89. The molecule has 14 heavy (non-hydrogen) atoms. The van der Waals surface area contributed by atoms with E-state index in [0.717, 1.165) is 16.9 Å². The number of rotatable bonds is 2. The van der Waals surface area contributed by atoms with Gasteiger partial charge >= 0.3 is 0 Å². The standard InChI is InChI=1S/C9H9N3O.ClH/c1-13-9-6-10-3-2-8(9)7-4-11-12-5-7;/h2-6H,1H3,(H,11,12);1H. The van der Waals surface area contributed by atoms with Crippen LogP contribution in [0.4, 0.5) is 0 Å². The van der Waals surface area contributed by atoms with Gasteiger partial charge in [0.2, 0.25) is 0 Å². The summed E-state index contributed by atoms with van der Waals surface area (Å²) in [4.78, 5) is 3.97. The Bertz CT molecular complexity index is 389. The van der Waals surface area contributed by atoms with Crippen molar-refractivity contribution in [1.82, 2.24) is 15.2 Å². The first-order chi connectivity index (χ1) is 6.42. The Hall–Kier alpha value is -1.55. The summed E-state index contributed by atoms with van der Waals surface area (Å²) >= 11 is 0. The number of hydrogen-bond donors (Lipinski definition) is 1. The van der Waals surface area contributed by atoms with Crippen molar-refractivity contribution in [2.24, 2.45) is 0 Å². The average Bonchev–Trinajstić information content (AvgIpc) is 2.70. The van der Waals surface area contributed by atoms with Crippen molar-refractivity contribution in [2.45, 2.75) is 0 Å². The highest BCUT2D eigenvalue weighted by Gasteiger charge is 2.04. The number of methoxy groups -OCH3 is 1. The number of halogens is 1. The van der Waals surface area contributed by atoms with Crippen molar-refractivity contribution in [1.29, 1.82) is 0 Å². The maximum atomic E-state index is 5.16. The predicted molar refractivity (Wildman–Crippen MR) is 55.6 cm³/mol. The van der Waals surface area contributed by atoms with Gasteiger partial charge in [-0.2, -0.15) is 5.10 Å². The third kappa shape index (κ3) is 1.85. The van der Waals surface area contributed by atoms with Crippen LogP contribution in [0.5, 0.6) is 5.75 Å². The minimum Gasteiger partial charge on any atom is -0.494 e. The number of nitrogens with one attached hydrogen (secondary N) is 1. The summed E-state index contributed by atoms with van der Waals surface area (Å²) in [6.07, 6.45) is 6.98. The van der Waals surface area contributed by atoms with Crippen LogP contribution in [0.25, 0.3) is 11.1 Å². The van der Waals surface area contributed by atoms with Crippen LogP contribution in [-0.4, -0.2) is 22.3 Å². The van der Waals surface area contributed by atoms with Gasteiger partial charge < -0.3 is 4.74 Å². The lowest BCUT2D eigenvalue weighted by atomic mass is 10.1. The molecule has 0 aromatic carbocycles. The summed E-state index contributed by atoms with van der Waals surface area (Å²) in [6.45, 7) is 0. The Labute approximate surface area is 87.7 Å². The van der Waals surface area contributed by atoms with E-state index in [1.807, 2.05) is 12.3 Å². The van der Waals surface area contributed by atoms with Gasteiger partial charge in [0, 0.05) is 23.5 Å². The van der Waals surface area contributed by atoms with Crippen LogP contribution in [0, 0.1) is 0 Å². The van der Waals surface area contributed by atoms with Crippen LogP contribution in [0.2, 0.25) is 0 Å². The van der Waals surface area contributed by atoms with Crippen LogP contribution in [0.15, 0.2) is 30.9 Å². The molecule has 0 amide bonds. The Morgan fingerprint density at radius 3 is 2.86 bits per heavy atom. The molecule has 0 aliphatic heterocycles. The molecule has 4 nitrogen and oxygen atoms in total. The molecule has 2 aromatic rings. The first-order valence-electron chi connectivity index (χ1n) is 3.89. The summed E-state index contributed by atoms with van der Waals surface area (Å²) in [7, 11) is 1.63. The van der Waals surface area contributed by atoms with E-state index in [2.05, 4.69) is 15.2 Å². The summed E-state index contributed by atoms with van der Waals surface area (Å²) in [5.41, 5.74) is 1.99. The molecule has 0 bridgehead atoms. The van der Waals surface area contributed by atoms with Gasteiger partial charge in [0.05, 0.1) is 19.5 Å². The number of aromatic amines is 1. The summed E-state index contributed by atoms with van der Waals surface area (Å²) in [5, 5.41) is 6.63. The van der Waals surface area contributed by atoms with Crippen LogP contribution < -0.4 is 4.74 Å². The number of hydrogen-bond acceptors (Lipinski definition) is 3. The second-order valence-corrected chi connectivity index (χ2v) is 2.56. The molecular weight excluding hydrogens is 202 g/mol.